The lowest BCUT2D eigenvalue weighted by Crippen LogP contribution is -2.63. The Morgan fingerprint density at radius 3 is 2.76 bits per heavy atom. The van der Waals surface area contributed by atoms with Gasteiger partial charge in [-0.1, -0.05) is 39.8 Å². The second-order valence-electron chi connectivity index (χ2n) is 12.9. The minimum absolute atomic E-state index is 0.0405. The zero-order valence-electron chi connectivity index (χ0n) is 23.0. The zero-order valence-corrected chi connectivity index (χ0v) is 23.0. The summed E-state index contributed by atoms with van der Waals surface area (Å²) in [6.45, 7) is 12.5. The summed E-state index contributed by atoms with van der Waals surface area (Å²) in [6, 6.07) is 2.92. The molecule has 1 aliphatic heterocycles. The van der Waals surface area contributed by atoms with E-state index in [0.29, 0.717) is 29.4 Å². The van der Waals surface area contributed by atoms with Crippen LogP contribution in [-0.4, -0.2) is 41.2 Å². The second kappa shape index (κ2) is 9.56. The van der Waals surface area contributed by atoms with Gasteiger partial charge in [-0.05, 0) is 72.0 Å². The molecule has 6 nitrogen and oxygen atoms in total. The zero-order chi connectivity index (χ0) is 27.6. The minimum atomic E-state index is -1.09. The third-order valence-corrected chi connectivity index (χ3v) is 11.1. The summed E-state index contributed by atoms with van der Waals surface area (Å²) in [6.07, 6.45) is 3.92. The number of esters is 1. The number of hydrogen-bond donors (Lipinski definition) is 2. The first-order chi connectivity index (χ1) is 17.9. The van der Waals surface area contributed by atoms with E-state index in [2.05, 4.69) is 27.4 Å². The van der Waals surface area contributed by atoms with Crippen LogP contribution in [0.3, 0.4) is 0 Å². The Hall–Kier alpha value is -2.03. The maximum absolute atomic E-state index is 14.7. The molecule has 8 heteroatoms. The fourth-order valence-electron chi connectivity index (χ4n) is 8.44. The third kappa shape index (κ3) is 4.01. The van der Waals surface area contributed by atoms with Crippen LogP contribution in [0.25, 0.3) is 0 Å². The van der Waals surface area contributed by atoms with Crippen molar-refractivity contribution in [3.63, 3.8) is 0 Å². The third-order valence-electron chi connectivity index (χ3n) is 11.1. The summed E-state index contributed by atoms with van der Waals surface area (Å²) in [7, 11) is -1.09. The molecular formula is C30H40BFO6. The number of ether oxygens (including phenoxy) is 1. The van der Waals surface area contributed by atoms with Crippen LogP contribution in [0, 0.1) is 39.8 Å². The molecular weight excluding hydrogens is 486 g/mol. The van der Waals surface area contributed by atoms with Gasteiger partial charge in [0.1, 0.15) is 17.7 Å². The summed E-state index contributed by atoms with van der Waals surface area (Å²) in [5.74, 6) is -0.921. The summed E-state index contributed by atoms with van der Waals surface area (Å²) in [5.41, 5.74) is -0.153. The molecule has 0 radical (unpaired) electrons. The first-order valence-corrected chi connectivity index (χ1v) is 14.0. The molecule has 3 saturated carbocycles. The number of rotatable bonds is 5. The van der Waals surface area contributed by atoms with E-state index in [4.69, 9.17) is 9.39 Å². The molecule has 3 fully saturated rings. The lowest BCUT2D eigenvalue weighted by Gasteiger charge is -2.61. The van der Waals surface area contributed by atoms with E-state index >= 15 is 0 Å². The number of carbonyl (C=O) groups is 2. The number of Topliss-reactive ketones (excluding diaryl/α,β-unsaturated/α-hetero) is 1. The van der Waals surface area contributed by atoms with Crippen LogP contribution in [0.5, 0.6) is 0 Å². The number of aliphatic hydroxyl groups excluding tert-OH is 1. The highest BCUT2D eigenvalue weighted by Gasteiger charge is 2.68. The van der Waals surface area contributed by atoms with Crippen molar-refractivity contribution >= 4 is 24.3 Å². The Morgan fingerprint density at radius 2 is 2.05 bits per heavy atom. The van der Waals surface area contributed by atoms with E-state index in [1.165, 1.54) is 6.07 Å². The molecule has 2 N–H and O–H groups in total. The predicted octanol–water partition coefficient (Wildman–Crippen LogP) is 3.88. The molecule has 0 amide bonds. The van der Waals surface area contributed by atoms with Crippen molar-refractivity contribution in [1.82, 2.24) is 0 Å². The molecule has 1 heterocycles. The minimum Gasteiger partial charge on any atom is -0.462 e. The predicted molar refractivity (Wildman–Crippen MR) is 142 cm³/mol. The number of hydrogen-bond acceptors (Lipinski definition) is 6. The van der Waals surface area contributed by atoms with Crippen LogP contribution in [-0.2, 0) is 32.0 Å². The molecule has 2 bridgehead atoms. The van der Waals surface area contributed by atoms with Gasteiger partial charge in [0.25, 0.3) is 0 Å². The van der Waals surface area contributed by atoms with Crippen molar-refractivity contribution in [2.45, 2.75) is 91.5 Å². The van der Waals surface area contributed by atoms with Gasteiger partial charge in [0.15, 0.2) is 0 Å². The summed E-state index contributed by atoms with van der Waals surface area (Å²) >= 11 is 0. The number of carbonyl (C=O) groups excluding carboxylic acids is 2. The molecule has 1 aromatic carbocycles. The molecule has 8 atom stereocenters. The summed E-state index contributed by atoms with van der Waals surface area (Å²) in [4.78, 5) is 26.8. The van der Waals surface area contributed by atoms with E-state index in [1.54, 1.807) is 12.1 Å². The smallest absolute Gasteiger partial charge is 0.462 e. The average Bonchev–Trinajstić information content (AvgIpc) is 3.43. The highest BCUT2D eigenvalue weighted by Crippen LogP contribution is 2.68. The van der Waals surface area contributed by atoms with E-state index in [1.807, 2.05) is 6.92 Å². The first kappa shape index (κ1) is 27.5. The fraction of sp³-hybridized carbons (Fsp3) is 0.667. The topological polar surface area (TPSA) is 93.1 Å². The Bertz CT molecular complexity index is 1160. The number of halogens is 1. The van der Waals surface area contributed by atoms with Crippen LogP contribution in [0.1, 0.15) is 77.3 Å². The van der Waals surface area contributed by atoms with Gasteiger partial charge in [-0.3, -0.25) is 9.59 Å². The van der Waals surface area contributed by atoms with Gasteiger partial charge >= 0.3 is 13.1 Å². The van der Waals surface area contributed by atoms with Crippen molar-refractivity contribution in [2.75, 3.05) is 0 Å². The van der Waals surface area contributed by atoms with Crippen LogP contribution < -0.4 is 5.46 Å². The standard InChI is InChI=1S/C30H40BFO6/c1-6-28(4)15-24(38-25(34)8-7-19-13-21-20(14-22(19)32)16-37-31(21)36)29(5)17(2)9-11-30(18(3)27(28)35)12-10-23(33)26(29)30/h6,13-14,17-18,24,26-27,35-36H,1,7-12,15-16H2,2-5H3/t17-,18+,24-,26+,27+,28-,29+,30+/m1/s1. The second-order valence-corrected chi connectivity index (χ2v) is 12.9. The van der Waals surface area contributed by atoms with Crippen LogP contribution in [0.15, 0.2) is 24.8 Å². The number of ketones is 1. The molecule has 3 aliphatic carbocycles. The largest absolute Gasteiger partial charge is 0.491 e. The highest BCUT2D eigenvalue weighted by molar-refractivity contribution is 6.61. The molecule has 1 aromatic rings. The molecule has 4 aliphatic rings. The van der Waals surface area contributed by atoms with E-state index < -0.39 is 41.9 Å². The number of fused-ring (bicyclic) bond motifs is 1. The van der Waals surface area contributed by atoms with Crippen LogP contribution in [0.4, 0.5) is 4.39 Å². The summed E-state index contributed by atoms with van der Waals surface area (Å²) < 4.78 is 26.1. The van der Waals surface area contributed by atoms with Crippen molar-refractivity contribution in [3.05, 3.63) is 41.7 Å². The van der Waals surface area contributed by atoms with Crippen molar-refractivity contribution in [2.24, 2.45) is 34.0 Å². The van der Waals surface area contributed by atoms with E-state index in [0.717, 1.165) is 19.3 Å². The number of benzene rings is 1. The normalized spacial score (nSPS) is 40.2. The highest BCUT2D eigenvalue weighted by atomic mass is 19.1. The monoisotopic (exact) mass is 526 g/mol. The van der Waals surface area contributed by atoms with Gasteiger partial charge < -0.3 is 19.5 Å². The maximum Gasteiger partial charge on any atom is 0.491 e. The SMILES string of the molecule is C=C[C@]1(C)C[C@@H](OC(=O)CCc2cc3c(cc2F)COB3O)[C@]2(C)[C@H](C)CC[C@]3(CCC(=O)[C@H]32)[C@@H](C)[C@@H]1O. The first-order valence-electron chi connectivity index (χ1n) is 14.0. The van der Waals surface area contributed by atoms with E-state index in [9.17, 15) is 24.1 Å². The molecule has 0 unspecified atom stereocenters. The fourth-order valence-corrected chi connectivity index (χ4v) is 8.44. The Labute approximate surface area is 225 Å². The van der Waals surface area contributed by atoms with Gasteiger partial charge in [0, 0.05) is 29.6 Å². The quantitative estimate of drug-likeness (QED) is 0.344. The van der Waals surface area contributed by atoms with E-state index in [-0.39, 0.29) is 48.4 Å². The molecule has 206 valence electrons. The van der Waals surface area contributed by atoms with Crippen molar-refractivity contribution in [1.29, 1.82) is 0 Å². The van der Waals surface area contributed by atoms with Crippen molar-refractivity contribution < 1.29 is 33.5 Å². The van der Waals surface area contributed by atoms with Gasteiger partial charge in [0.2, 0.25) is 0 Å². The van der Waals surface area contributed by atoms with Gasteiger partial charge in [-0.2, -0.15) is 0 Å². The van der Waals surface area contributed by atoms with Crippen molar-refractivity contribution in [3.8, 4) is 0 Å². The van der Waals surface area contributed by atoms with Crippen LogP contribution >= 0.6 is 0 Å². The molecule has 0 saturated heterocycles. The summed E-state index contributed by atoms with van der Waals surface area (Å²) in [5, 5.41) is 21.6. The molecule has 0 aromatic heterocycles. The van der Waals surface area contributed by atoms with Gasteiger partial charge in [0.05, 0.1) is 12.7 Å². The van der Waals surface area contributed by atoms with Gasteiger partial charge in [-0.15, -0.1) is 6.58 Å². The number of aryl methyl sites for hydroxylation is 1. The lowest BCUT2D eigenvalue weighted by atomic mass is 9.44. The number of aliphatic hydroxyl groups is 1. The lowest BCUT2D eigenvalue weighted by molar-refractivity contribution is -0.206. The van der Waals surface area contributed by atoms with Crippen LogP contribution in [0.2, 0.25) is 0 Å². The molecule has 0 spiro atoms. The maximum atomic E-state index is 14.7. The Morgan fingerprint density at radius 1 is 1.32 bits per heavy atom. The molecule has 38 heavy (non-hydrogen) atoms. The molecule has 5 rings (SSSR count). The Balaban J connectivity index is 1.44. The average molecular weight is 526 g/mol. The Kier molecular flexibility index (Phi) is 6.93. The van der Waals surface area contributed by atoms with Gasteiger partial charge in [-0.25, -0.2) is 4.39 Å².